The van der Waals surface area contributed by atoms with Crippen molar-refractivity contribution in [3.63, 3.8) is 0 Å². The normalized spacial score (nSPS) is 16.0. The Labute approximate surface area is 168 Å². The molecule has 1 aromatic rings. The molecule has 6 nitrogen and oxygen atoms in total. The van der Waals surface area contributed by atoms with Crippen LogP contribution in [0.1, 0.15) is 72.4 Å². The Hall–Kier alpha value is -2.37. The maximum atomic E-state index is 13.3. The number of nitrogens with zero attached hydrogens (tertiary/aromatic N) is 2. The molecule has 1 aromatic carbocycles. The highest BCUT2D eigenvalue weighted by Crippen LogP contribution is 2.46. The smallest absolute Gasteiger partial charge is 0.421 e. The lowest BCUT2D eigenvalue weighted by molar-refractivity contribution is -0.123. The first-order chi connectivity index (χ1) is 13.1. The van der Waals surface area contributed by atoms with Crippen LogP contribution in [0.25, 0.3) is 0 Å². The van der Waals surface area contributed by atoms with Gasteiger partial charge in [0.25, 0.3) is 0 Å². The van der Waals surface area contributed by atoms with Gasteiger partial charge in [-0.25, -0.2) is 9.69 Å². The average Bonchev–Trinajstić information content (AvgIpc) is 2.84. The van der Waals surface area contributed by atoms with Crippen LogP contribution in [-0.4, -0.2) is 30.4 Å². The van der Waals surface area contributed by atoms with E-state index in [2.05, 4.69) is 24.4 Å². The first-order valence-corrected chi connectivity index (χ1v) is 10.0. The van der Waals surface area contributed by atoms with E-state index in [1.54, 1.807) is 27.0 Å². The number of ether oxygens (including phenoxy) is 1. The molecule has 6 heteroatoms. The van der Waals surface area contributed by atoms with Crippen molar-refractivity contribution in [1.82, 2.24) is 5.43 Å². The molecule has 2 amide bonds. The molecular weight excluding hydrogens is 354 g/mol. The zero-order valence-corrected chi connectivity index (χ0v) is 18.1. The number of nitrogens with one attached hydrogen (secondary N) is 1. The van der Waals surface area contributed by atoms with Crippen molar-refractivity contribution < 1.29 is 14.3 Å². The van der Waals surface area contributed by atoms with E-state index in [4.69, 9.17) is 4.74 Å². The molecule has 0 aliphatic carbocycles. The molecular formula is C22H33N3O3. The van der Waals surface area contributed by atoms with Gasteiger partial charge < -0.3 is 10.2 Å². The Morgan fingerprint density at radius 3 is 2.46 bits per heavy atom. The second-order valence-corrected chi connectivity index (χ2v) is 8.70. The lowest BCUT2D eigenvalue weighted by atomic mass is 9.76. The number of hydrogen-bond acceptors (Lipinski definition) is 5. The van der Waals surface area contributed by atoms with Crippen molar-refractivity contribution in [2.75, 3.05) is 11.4 Å². The zero-order chi connectivity index (χ0) is 21.1. The number of hydrogen-bond donors (Lipinski definition) is 1. The van der Waals surface area contributed by atoms with Crippen LogP contribution in [0.2, 0.25) is 0 Å². The predicted molar refractivity (Wildman–Crippen MR) is 113 cm³/mol. The van der Waals surface area contributed by atoms with E-state index < -0.39 is 17.1 Å². The summed E-state index contributed by atoms with van der Waals surface area (Å²) in [6, 6.07) is 5.64. The van der Waals surface area contributed by atoms with Gasteiger partial charge in [-0.05, 0) is 62.8 Å². The number of hydrazone groups is 1. The average molecular weight is 388 g/mol. The Kier molecular flexibility index (Phi) is 6.52. The number of amides is 2. The molecule has 1 aliphatic heterocycles. The zero-order valence-electron chi connectivity index (χ0n) is 18.1. The minimum Gasteiger partial charge on any atom is -0.443 e. The molecule has 1 N–H and O–H groups in total. The van der Waals surface area contributed by atoms with Crippen LogP contribution in [0.5, 0.6) is 0 Å². The summed E-state index contributed by atoms with van der Waals surface area (Å²) in [5, 5.41) is 4.26. The van der Waals surface area contributed by atoms with Gasteiger partial charge in [-0.3, -0.25) is 4.79 Å². The highest BCUT2D eigenvalue weighted by molar-refractivity contribution is 6.21. The van der Waals surface area contributed by atoms with Crippen molar-refractivity contribution in [1.29, 1.82) is 0 Å². The summed E-state index contributed by atoms with van der Waals surface area (Å²) in [4.78, 5) is 27.3. The second kappa shape index (κ2) is 8.33. The summed E-state index contributed by atoms with van der Waals surface area (Å²) >= 11 is 0. The van der Waals surface area contributed by atoms with Crippen LogP contribution in [0.4, 0.5) is 10.5 Å². The summed E-state index contributed by atoms with van der Waals surface area (Å²) in [5.41, 5.74) is 4.00. The monoisotopic (exact) mass is 387 g/mol. The first-order valence-electron chi connectivity index (χ1n) is 10.0. The number of carbonyl (C=O) groups is 2. The van der Waals surface area contributed by atoms with Crippen LogP contribution in [-0.2, 0) is 14.9 Å². The van der Waals surface area contributed by atoms with Gasteiger partial charge in [0.2, 0.25) is 5.91 Å². The fraction of sp³-hybridized carbons (Fsp3) is 0.591. The van der Waals surface area contributed by atoms with Crippen LogP contribution < -0.4 is 10.3 Å². The molecule has 0 atom stereocenters. The number of benzene rings is 1. The van der Waals surface area contributed by atoms with Crippen LogP contribution >= 0.6 is 0 Å². The standard InChI is InChI=1S/C22H33N3O3/c1-8-22(9-2)17-12-16(14-24-23-13-15(3)4)10-11-18(17)25(19(22)26)20(27)28-21(5,6)7/h10-12,14-15,23H,8-9,13H2,1-7H3/b24-14+. The van der Waals surface area contributed by atoms with Gasteiger partial charge >= 0.3 is 6.09 Å². The molecule has 0 unspecified atom stereocenters. The van der Waals surface area contributed by atoms with Crippen molar-refractivity contribution in [3.05, 3.63) is 29.3 Å². The summed E-state index contributed by atoms with van der Waals surface area (Å²) < 4.78 is 5.49. The van der Waals surface area contributed by atoms with E-state index in [0.29, 0.717) is 24.4 Å². The number of imide groups is 1. The van der Waals surface area contributed by atoms with Gasteiger partial charge in [-0.1, -0.05) is 33.8 Å². The predicted octanol–water partition coefficient (Wildman–Crippen LogP) is 4.61. The van der Waals surface area contributed by atoms with Crippen LogP contribution in [0.3, 0.4) is 0 Å². The van der Waals surface area contributed by atoms with Crippen LogP contribution in [0, 0.1) is 5.92 Å². The van der Waals surface area contributed by atoms with E-state index in [1.165, 1.54) is 4.90 Å². The van der Waals surface area contributed by atoms with E-state index in [1.807, 2.05) is 32.0 Å². The van der Waals surface area contributed by atoms with Crippen molar-refractivity contribution in [3.8, 4) is 0 Å². The quantitative estimate of drug-likeness (QED) is 0.572. The van der Waals surface area contributed by atoms with Crippen molar-refractivity contribution >= 4 is 23.9 Å². The highest BCUT2D eigenvalue weighted by Gasteiger charge is 2.51. The lowest BCUT2D eigenvalue weighted by Gasteiger charge is -2.27. The molecule has 0 radical (unpaired) electrons. The van der Waals surface area contributed by atoms with Gasteiger partial charge in [0, 0.05) is 6.54 Å². The molecule has 0 saturated heterocycles. The lowest BCUT2D eigenvalue weighted by Crippen LogP contribution is -2.44. The Morgan fingerprint density at radius 2 is 1.93 bits per heavy atom. The highest BCUT2D eigenvalue weighted by atomic mass is 16.6. The topological polar surface area (TPSA) is 71.0 Å². The number of anilines is 1. The SMILES string of the molecule is CCC1(CC)C(=O)N(C(=O)OC(C)(C)C)c2ccc(/C=N/NCC(C)C)cc21. The van der Waals surface area contributed by atoms with E-state index in [-0.39, 0.29) is 5.91 Å². The summed E-state index contributed by atoms with van der Waals surface area (Å²) in [6.45, 7) is 14.4. The fourth-order valence-electron chi connectivity index (χ4n) is 3.43. The maximum absolute atomic E-state index is 13.3. The second-order valence-electron chi connectivity index (χ2n) is 8.70. The van der Waals surface area contributed by atoms with Gasteiger partial charge in [-0.15, -0.1) is 0 Å². The summed E-state index contributed by atoms with van der Waals surface area (Å²) in [7, 11) is 0. The van der Waals surface area contributed by atoms with Crippen molar-refractivity contribution in [2.45, 2.75) is 72.3 Å². The van der Waals surface area contributed by atoms with Crippen molar-refractivity contribution in [2.24, 2.45) is 11.0 Å². The summed E-state index contributed by atoms with van der Waals surface area (Å²) in [6.07, 6.45) is 2.35. The minimum atomic E-state index is -0.721. The number of rotatable bonds is 6. The third-order valence-corrected chi connectivity index (χ3v) is 4.98. The van der Waals surface area contributed by atoms with E-state index in [9.17, 15) is 9.59 Å². The molecule has 1 heterocycles. The Balaban J connectivity index is 2.42. The van der Waals surface area contributed by atoms with E-state index >= 15 is 0 Å². The molecule has 1 aliphatic rings. The third-order valence-electron chi connectivity index (χ3n) is 4.98. The maximum Gasteiger partial charge on any atom is 0.421 e. The molecule has 0 bridgehead atoms. The van der Waals surface area contributed by atoms with Gasteiger partial charge in [0.1, 0.15) is 5.60 Å². The summed E-state index contributed by atoms with van der Waals surface area (Å²) in [5.74, 6) is 0.291. The van der Waals surface area contributed by atoms with E-state index in [0.717, 1.165) is 17.7 Å². The minimum absolute atomic E-state index is 0.214. The largest absolute Gasteiger partial charge is 0.443 e. The molecule has 0 spiro atoms. The molecule has 0 fully saturated rings. The van der Waals surface area contributed by atoms with Gasteiger partial charge in [-0.2, -0.15) is 5.10 Å². The molecule has 2 rings (SSSR count). The fourth-order valence-corrected chi connectivity index (χ4v) is 3.43. The first kappa shape index (κ1) is 21.9. The number of carbonyl (C=O) groups excluding carboxylic acids is 2. The molecule has 0 aromatic heterocycles. The van der Waals surface area contributed by atoms with Crippen LogP contribution in [0.15, 0.2) is 23.3 Å². The number of fused-ring (bicyclic) bond motifs is 1. The molecule has 0 saturated carbocycles. The Morgan fingerprint density at radius 1 is 1.29 bits per heavy atom. The van der Waals surface area contributed by atoms with Gasteiger partial charge in [0.05, 0.1) is 17.3 Å². The van der Waals surface area contributed by atoms with Gasteiger partial charge in [0.15, 0.2) is 0 Å². The molecule has 28 heavy (non-hydrogen) atoms. The Bertz CT molecular complexity index is 759. The molecule has 154 valence electrons. The third kappa shape index (κ3) is 4.37.